The highest BCUT2D eigenvalue weighted by Crippen LogP contribution is 2.34. The molecule has 0 saturated carbocycles. The van der Waals surface area contributed by atoms with Crippen LogP contribution in [0.2, 0.25) is 5.02 Å². The predicted molar refractivity (Wildman–Crippen MR) is 123 cm³/mol. The molecule has 3 aliphatic rings. The normalized spacial score (nSPS) is 26.7. The van der Waals surface area contributed by atoms with E-state index in [0.29, 0.717) is 36.7 Å². The topological polar surface area (TPSA) is 76.6 Å². The summed E-state index contributed by atoms with van der Waals surface area (Å²) in [5.74, 6) is 0.831. The Morgan fingerprint density at radius 1 is 1.22 bits per heavy atom. The summed E-state index contributed by atoms with van der Waals surface area (Å²) >= 11 is 5.73. The van der Waals surface area contributed by atoms with Crippen molar-refractivity contribution in [3.05, 3.63) is 35.2 Å². The third-order valence-electron chi connectivity index (χ3n) is 6.08. The van der Waals surface area contributed by atoms with E-state index in [4.69, 9.17) is 11.6 Å². The maximum absolute atomic E-state index is 14.1. The largest absolute Gasteiger partial charge is 0.390 e. The van der Waals surface area contributed by atoms with Crippen LogP contribution in [0.1, 0.15) is 26.7 Å². The second kappa shape index (κ2) is 9.72. The van der Waals surface area contributed by atoms with Gasteiger partial charge in [-0.15, -0.1) is 0 Å². The molecule has 3 saturated heterocycles. The van der Waals surface area contributed by atoms with Gasteiger partial charge in [0.1, 0.15) is 29.4 Å². The van der Waals surface area contributed by atoms with Crippen molar-refractivity contribution in [2.75, 3.05) is 41.3 Å². The molecular weight excluding hydrogens is 438 g/mol. The first-order valence-corrected chi connectivity index (χ1v) is 11.5. The Morgan fingerprint density at radius 2 is 2.03 bits per heavy atom. The minimum Gasteiger partial charge on any atom is -0.390 e. The van der Waals surface area contributed by atoms with E-state index in [2.05, 4.69) is 25.5 Å². The molecule has 2 aromatic rings. The van der Waals surface area contributed by atoms with Crippen LogP contribution < -0.4 is 20.4 Å². The summed E-state index contributed by atoms with van der Waals surface area (Å²) in [7, 11) is 0. The average Bonchev–Trinajstić information content (AvgIpc) is 3.43. The van der Waals surface area contributed by atoms with Crippen LogP contribution in [0.25, 0.3) is 0 Å². The monoisotopic (exact) mass is 466 g/mol. The van der Waals surface area contributed by atoms with Gasteiger partial charge in [-0.1, -0.05) is 25.4 Å². The summed E-state index contributed by atoms with van der Waals surface area (Å²) in [5, 5.41) is 16.2. The van der Waals surface area contributed by atoms with Gasteiger partial charge in [0.15, 0.2) is 0 Å². The minimum atomic E-state index is -1.32. The van der Waals surface area contributed by atoms with Crippen molar-refractivity contribution in [2.24, 2.45) is 0 Å². The number of hydrogen-bond donors (Lipinski definition) is 3. The number of pyridine rings is 2. The van der Waals surface area contributed by atoms with E-state index >= 15 is 0 Å². The Hall–Kier alpha value is -2.23. The molecule has 3 N–H and O–H groups in total. The van der Waals surface area contributed by atoms with Crippen molar-refractivity contribution in [2.45, 2.75) is 51.0 Å². The zero-order valence-electron chi connectivity index (χ0n) is 18.2. The molecule has 0 spiro atoms. The van der Waals surface area contributed by atoms with Gasteiger partial charge >= 0.3 is 0 Å². The molecule has 2 aromatic heterocycles. The van der Waals surface area contributed by atoms with Gasteiger partial charge in [0.2, 0.25) is 0 Å². The van der Waals surface area contributed by atoms with Gasteiger partial charge in [0.05, 0.1) is 23.9 Å². The van der Waals surface area contributed by atoms with Crippen molar-refractivity contribution < 1.29 is 13.9 Å². The van der Waals surface area contributed by atoms with Crippen LogP contribution in [0.15, 0.2) is 24.4 Å². The van der Waals surface area contributed by atoms with Gasteiger partial charge < -0.3 is 25.5 Å². The van der Waals surface area contributed by atoms with E-state index < -0.39 is 18.1 Å². The third kappa shape index (κ3) is 4.74. The number of nitrogens with one attached hydrogen (secondary N) is 2. The molecule has 0 aromatic carbocycles. The van der Waals surface area contributed by atoms with E-state index in [9.17, 15) is 13.9 Å². The summed E-state index contributed by atoms with van der Waals surface area (Å²) < 4.78 is 28.0. The van der Waals surface area contributed by atoms with Gasteiger partial charge in [0, 0.05) is 55.6 Å². The zero-order chi connectivity index (χ0) is 22.8. The molecule has 3 fully saturated rings. The lowest BCUT2D eigenvalue weighted by Gasteiger charge is -2.35. The maximum atomic E-state index is 14.1. The van der Waals surface area contributed by atoms with Gasteiger partial charge in [-0.3, -0.25) is 0 Å². The molecule has 5 heterocycles. The summed E-state index contributed by atoms with van der Waals surface area (Å²) in [6.07, 6.45) is 0.419. The molecule has 3 aliphatic heterocycles. The fourth-order valence-corrected chi connectivity index (χ4v) is 4.59. The number of piperidine rings is 1. The molecular formula is C22H29ClF2N6O. The number of halogens is 3. The number of piperazine rings is 1. The van der Waals surface area contributed by atoms with Crippen LogP contribution in [0, 0.1) is 5.82 Å². The van der Waals surface area contributed by atoms with Crippen LogP contribution >= 0.6 is 11.6 Å². The van der Waals surface area contributed by atoms with Crippen LogP contribution in [0.5, 0.6) is 0 Å². The number of alkyl halides is 1. The molecule has 32 heavy (non-hydrogen) atoms. The molecule has 174 valence electrons. The second-order valence-corrected chi connectivity index (χ2v) is 8.55. The summed E-state index contributed by atoms with van der Waals surface area (Å²) in [5.41, 5.74) is 0.979. The first-order valence-electron chi connectivity index (χ1n) is 11.1. The van der Waals surface area contributed by atoms with Crippen molar-refractivity contribution in [1.29, 1.82) is 0 Å². The molecule has 0 amide bonds. The Morgan fingerprint density at radius 3 is 2.69 bits per heavy atom. The SMILES string of the molecule is CC.OC1CCN(c2cc(N3CC4CC3CN4)cc(Nc3cc(F)c(Cl)cn3)n2)CC1F. The lowest BCUT2D eigenvalue weighted by Crippen LogP contribution is -2.45. The molecule has 0 radical (unpaired) electrons. The zero-order valence-corrected chi connectivity index (χ0v) is 19.0. The Labute approximate surface area is 191 Å². The molecule has 2 bridgehead atoms. The van der Waals surface area contributed by atoms with Crippen LogP contribution in [0.3, 0.4) is 0 Å². The van der Waals surface area contributed by atoms with Crippen LogP contribution in [-0.2, 0) is 0 Å². The number of aliphatic hydroxyl groups excluding tert-OH is 1. The molecule has 0 aliphatic carbocycles. The van der Waals surface area contributed by atoms with E-state index in [-0.39, 0.29) is 17.4 Å². The summed E-state index contributed by atoms with van der Waals surface area (Å²) in [6, 6.07) is 5.96. The Kier molecular flexibility index (Phi) is 6.97. The van der Waals surface area contributed by atoms with Crippen molar-refractivity contribution >= 4 is 34.7 Å². The van der Waals surface area contributed by atoms with E-state index in [0.717, 1.165) is 25.2 Å². The Balaban J connectivity index is 0.00000119. The average molecular weight is 467 g/mol. The third-order valence-corrected chi connectivity index (χ3v) is 6.36. The molecule has 10 heteroatoms. The number of anilines is 4. The number of nitrogens with zero attached hydrogens (tertiary/aromatic N) is 4. The van der Waals surface area contributed by atoms with Gasteiger partial charge in [-0.25, -0.2) is 18.7 Å². The molecule has 4 atom stereocenters. The summed E-state index contributed by atoms with van der Waals surface area (Å²) in [6.45, 7) is 6.42. The number of fused-ring (bicyclic) bond motifs is 2. The fourth-order valence-electron chi connectivity index (χ4n) is 4.49. The van der Waals surface area contributed by atoms with Crippen LogP contribution in [0.4, 0.5) is 31.9 Å². The molecule has 4 unspecified atom stereocenters. The van der Waals surface area contributed by atoms with Crippen LogP contribution in [-0.4, -0.2) is 65.6 Å². The van der Waals surface area contributed by atoms with Crippen molar-refractivity contribution in [3.63, 3.8) is 0 Å². The van der Waals surface area contributed by atoms with Crippen molar-refractivity contribution in [1.82, 2.24) is 15.3 Å². The number of rotatable bonds is 4. The van der Waals surface area contributed by atoms with E-state index in [1.54, 1.807) is 0 Å². The lowest BCUT2D eigenvalue weighted by atomic mass is 10.1. The second-order valence-electron chi connectivity index (χ2n) is 8.14. The lowest BCUT2D eigenvalue weighted by molar-refractivity contribution is 0.0614. The first-order chi connectivity index (χ1) is 15.5. The fraction of sp³-hybridized carbons (Fsp3) is 0.545. The minimum absolute atomic E-state index is 0.0515. The van der Waals surface area contributed by atoms with Gasteiger partial charge in [-0.05, 0) is 12.8 Å². The quantitative estimate of drug-likeness (QED) is 0.636. The number of aromatic nitrogens is 2. The highest BCUT2D eigenvalue weighted by Gasteiger charge is 2.38. The highest BCUT2D eigenvalue weighted by atomic mass is 35.5. The standard InChI is InChI=1S/C20H23ClF2N6O.C2H6/c21-14-8-25-18(6-15(14)22)26-19-4-12(29-9-11-3-13(29)7-24-11)5-20(27-19)28-2-1-17(30)16(23)10-28;1-2/h4-6,8,11,13,16-17,24,30H,1-3,7,9-10H2,(H,25,26,27);1-2H3. The molecule has 7 nitrogen and oxygen atoms in total. The number of hydrogen-bond acceptors (Lipinski definition) is 7. The predicted octanol–water partition coefficient (Wildman–Crippen LogP) is 3.50. The van der Waals surface area contributed by atoms with Gasteiger partial charge in [0.25, 0.3) is 0 Å². The van der Waals surface area contributed by atoms with E-state index in [1.807, 2.05) is 30.9 Å². The maximum Gasteiger partial charge on any atom is 0.147 e. The molecule has 5 rings (SSSR count). The van der Waals surface area contributed by atoms with E-state index in [1.165, 1.54) is 12.3 Å². The summed E-state index contributed by atoms with van der Waals surface area (Å²) in [4.78, 5) is 12.9. The first kappa shape index (κ1) is 22.9. The number of aliphatic hydroxyl groups is 1. The smallest absolute Gasteiger partial charge is 0.147 e. The highest BCUT2D eigenvalue weighted by molar-refractivity contribution is 6.30. The van der Waals surface area contributed by atoms with Crippen molar-refractivity contribution in [3.8, 4) is 0 Å². The van der Waals surface area contributed by atoms with Gasteiger partial charge in [-0.2, -0.15) is 0 Å². The Bertz CT molecular complexity index is 951.